The lowest BCUT2D eigenvalue weighted by atomic mass is 10.1. The Balaban J connectivity index is 1.97. The van der Waals surface area contributed by atoms with Gasteiger partial charge in [0.05, 0.1) is 5.02 Å². The molecule has 3 rings (SSSR count). The summed E-state index contributed by atoms with van der Waals surface area (Å²) in [5.74, 6) is 3.90. The Hall–Kier alpha value is -0.740. The monoisotopic (exact) mass is 253 g/mol. The molecule has 1 aliphatic heterocycles. The zero-order valence-corrected chi connectivity index (χ0v) is 10.3. The van der Waals surface area contributed by atoms with E-state index < -0.39 is 0 Å². The van der Waals surface area contributed by atoms with Crippen molar-refractivity contribution < 1.29 is 0 Å². The predicted octanol–water partition coefficient (Wildman–Crippen LogP) is 2.99. The van der Waals surface area contributed by atoms with Crippen molar-refractivity contribution in [1.82, 2.24) is 14.6 Å². The standard InChI is InChI=1S/C11H12ClN3S/c12-9-3-4-10-13-11(14-15(10)6-9)8-2-1-5-16-7-8/h3-4,6,8H,1-2,5,7H2. The first-order chi connectivity index (χ1) is 7.83. The quantitative estimate of drug-likeness (QED) is 0.783. The summed E-state index contributed by atoms with van der Waals surface area (Å²) in [6.45, 7) is 0. The van der Waals surface area contributed by atoms with Crippen LogP contribution in [0.4, 0.5) is 0 Å². The second-order valence-electron chi connectivity index (χ2n) is 4.03. The lowest BCUT2D eigenvalue weighted by Crippen LogP contribution is -2.10. The lowest BCUT2D eigenvalue weighted by molar-refractivity contribution is 0.622. The molecule has 16 heavy (non-hydrogen) atoms. The van der Waals surface area contributed by atoms with Crippen molar-refractivity contribution in [3.05, 3.63) is 29.2 Å². The molecule has 3 heterocycles. The number of pyridine rings is 1. The number of nitrogens with zero attached hydrogens (tertiary/aromatic N) is 3. The maximum Gasteiger partial charge on any atom is 0.155 e. The van der Waals surface area contributed by atoms with Crippen molar-refractivity contribution in [1.29, 1.82) is 0 Å². The molecule has 1 atom stereocenters. The minimum Gasteiger partial charge on any atom is -0.219 e. The lowest BCUT2D eigenvalue weighted by Gasteiger charge is -2.17. The van der Waals surface area contributed by atoms with Crippen molar-refractivity contribution >= 4 is 29.0 Å². The number of fused-ring (bicyclic) bond motifs is 1. The van der Waals surface area contributed by atoms with Crippen molar-refractivity contribution in [3.8, 4) is 0 Å². The van der Waals surface area contributed by atoms with E-state index in [2.05, 4.69) is 10.1 Å². The molecule has 0 amide bonds. The van der Waals surface area contributed by atoms with E-state index in [1.807, 2.05) is 30.1 Å². The molecule has 5 heteroatoms. The molecule has 3 nitrogen and oxygen atoms in total. The van der Waals surface area contributed by atoms with Crippen molar-refractivity contribution in [2.75, 3.05) is 11.5 Å². The first-order valence-electron chi connectivity index (χ1n) is 5.42. The zero-order chi connectivity index (χ0) is 11.0. The van der Waals surface area contributed by atoms with Crippen LogP contribution >= 0.6 is 23.4 Å². The highest BCUT2D eigenvalue weighted by Gasteiger charge is 2.20. The van der Waals surface area contributed by atoms with Gasteiger partial charge in [-0.1, -0.05) is 11.6 Å². The summed E-state index contributed by atoms with van der Waals surface area (Å²) in [4.78, 5) is 4.56. The minimum atomic E-state index is 0.512. The third kappa shape index (κ3) is 1.92. The van der Waals surface area contributed by atoms with Gasteiger partial charge in [-0.05, 0) is 30.7 Å². The van der Waals surface area contributed by atoms with E-state index in [0.29, 0.717) is 10.9 Å². The number of thioether (sulfide) groups is 1. The fourth-order valence-corrected chi connectivity index (χ4v) is 3.29. The first-order valence-corrected chi connectivity index (χ1v) is 6.96. The van der Waals surface area contributed by atoms with Gasteiger partial charge in [0.25, 0.3) is 0 Å². The van der Waals surface area contributed by atoms with Gasteiger partial charge in [0, 0.05) is 17.9 Å². The van der Waals surface area contributed by atoms with Crippen molar-refractivity contribution in [2.45, 2.75) is 18.8 Å². The second kappa shape index (κ2) is 4.26. The summed E-state index contributed by atoms with van der Waals surface area (Å²) in [5, 5.41) is 5.20. The molecule has 0 N–H and O–H groups in total. The van der Waals surface area contributed by atoms with E-state index in [1.165, 1.54) is 18.6 Å². The topological polar surface area (TPSA) is 30.2 Å². The highest BCUT2D eigenvalue weighted by atomic mass is 35.5. The van der Waals surface area contributed by atoms with Crippen LogP contribution in [0.5, 0.6) is 0 Å². The van der Waals surface area contributed by atoms with Crippen molar-refractivity contribution in [3.63, 3.8) is 0 Å². The Morgan fingerprint density at radius 3 is 3.19 bits per heavy atom. The first kappa shape index (κ1) is 10.4. The maximum absolute atomic E-state index is 5.92. The largest absolute Gasteiger partial charge is 0.219 e. The Kier molecular flexibility index (Phi) is 2.77. The molecule has 1 aliphatic rings. The molecule has 2 aromatic rings. The average molecular weight is 254 g/mol. The zero-order valence-electron chi connectivity index (χ0n) is 8.77. The molecule has 0 saturated carbocycles. The van der Waals surface area contributed by atoms with Gasteiger partial charge in [0.15, 0.2) is 11.5 Å². The highest BCUT2D eigenvalue weighted by molar-refractivity contribution is 7.99. The number of hydrogen-bond donors (Lipinski definition) is 0. The van der Waals surface area contributed by atoms with E-state index in [1.54, 1.807) is 4.52 Å². The van der Waals surface area contributed by atoms with Crippen LogP contribution in [0.2, 0.25) is 5.02 Å². The van der Waals surface area contributed by atoms with Crippen molar-refractivity contribution in [2.24, 2.45) is 0 Å². The number of rotatable bonds is 1. The van der Waals surface area contributed by atoms with Crippen LogP contribution in [-0.2, 0) is 0 Å². The SMILES string of the molecule is Clc1ccc2nc(C3CCCSC3)nn2c1. The van der Waals surface area contributed by atoms with Crippen LogP contribution in [0.15, 0.2) is 18.3 Å². The summed E-state index contributed by atoms with van der Waals surface area (Å²) in [5.41, 5.74) is 0.884. The van der Waals surface area contributed by atoms with Gasteiger partial charge >= 0.3 is 0 Å². The van der Waals surface area contributed by atoms with Gasteiger partial charge in [0.2, 0.25) is 0 Å². The van der Waals surface area contributed by atoms with Crippen LogP contribution in [0, 0.1) is 0 Å². The van der Waals surface area contributed by atoms with E-state index >= 15 is 0 Å². The van der Waals surface area contributed by atoms with Crippen LogP contribution < -0.4 is 0 Å². The molecule has 84 valence electrons. The Morgan fingerprint density at radius 2 is 2.38 bits per heavy atom. The highest BCUT2D eigenvalue weighted by Crippen LogP contribution is 2.29. The summed E-state index contributed by atoms with van der Waals surface area (Å²) < 4.78 is 1.77. The number of hydrogen-bond acceptors (Lipinski definition) is 3. The average Bonchev–Trinajstić information content (AvgIpc) is 2.73. The Labute approximate surface area is 103 Å². The Bertz CT molecular complexity index is 505. The van der Waals surface area contributed by atoms with E-state index in [0.717, 1.165) is 17.2 Å². The second-order valence-corrected chi connectivity index (χ2v) is 5.62. The van der Waals surface area contributed by atoms with Crippen LogP contribution in [0.1, 0.15) is 24.6 Å². The van der Waals surface area contributed by atoms with Gasteiger partial charge in [-0.3, -0.25) is 0 Å². The molecule has 0 radical (unpaired) electrons. The molecular formula is C11H12ClN3S. The van der Waals surface area contributed by atoms with Crippen LogP contribution in [0.3, 0.4) is 0 Å². The number of halogens is 1. The molecule has 1 unspecified atom stereocenters. The summed E-state index contributed by atoms with van der Waals surface area (Å²) in [6, 6.07) is 3.76. The molecule has 0 spiro atoms. The third-order valence-corrected chi connectivity index (χ3v) is 4.28. The predicted molar refractivity (Wildman–Crippen MR) is 67.3 cm³/mol. The Morgan fingerprint density at radius 1 is 1.44 bits per heavy atom. The maximum atomic E-state index is 5.92. The molecule has 1 fully saturated rings. The molecular weight excluding hydrogens is 242 g/mol. The van der Waals surface area contributed by atoms with E-state index in [4.69, 9.17) is 11.6 Å². The fourth-order valence-electron chi connectivity index (χ4n) is 1.99. The smallest absolute Gasteiger partial charge is 0.155 e. The summed E-state index contributed by atoms with van der Waals surface area (Å²) >= 11 is 7.92. The molecule has 2 aromatic heterocycles. The van der Waals surface area contributed by atoms with Crippen LogP contribution in [0.25, 0.3) is 5.65 Å². The minimum absolute atomic E-state index is 0.512. The van der Waals surface area contributed by atoms with Crippen LogP contribution in [-0.4, -0.2) is 26.1 Å². The number of aromatic nitrogens is 3. The molecule has 0 aliphatic carbocycles. The van der Waals surface area contributed by atoms with Gasteiger partial charge in [0.1, 0.15) is 0 Å². The van der Waals surface area contributed by atoms with E-state index in [-0.39, 0.29) is 0 Å². The molecule has 0 aromatic carbocycles. The summed E-state index contributed by atoms with van der Waals surface area (Å²) in [6.07, 6.45) is 4.28. The molecule has 0 bridgehead atoms. The van der Waals surface area contributed by atoms with Gasteiger partial charge in [-0.2, -0.15) is 16.9 Å². The fraction of sp³-hybridized carbons (Fsp3) is 0.455. The van der Waals surface area contributed by atoms with Gasteiger partial charge in [-0.25, -0.2) is 9.50 Å². The molecule has 1 saturated heterocycles. The van der Waals surface area contributed by atoms with Gasteiger partial charge in [-0.15, -0.1) is 0 Å². The normalized spacial score (nSPS) is 21.4. The third-order valence-electron chi connectivity index (χ3n) is 2.84. The van der Waals surface area contributed by atoms with Gasteiger partial charge < -0.3 is 0 Å². The summed E-state index contributed by atoms with van der Waals surface area (Å²) in [7, 11) is 0. The van der Waals surface area contributed by atoms with E-state index in [9.17, 15) is 0 Å².